The van der Waals surface area contributed by atoms with Crippen molar-refractivity contribution in [1.29, 1.82) is 0 Å². The van der Waals surface area contributed by atoms with Gasteiger partial charge in [0, 0.05) is 12.2 Å². The van der Waals surface area contributed by atoms with Gasteiger partial charge >= 0.3 is 6.03 Å². The van der Waals surface area contributed by atoms with Crippen LogP contribution >= 0.6 is 0 Å². The molecule has 0 aliphatic rings. The third kappa shape index (κ3) is 28.8. The summed E-state index contributed by atoms with van der Waals surface area (Å²) >= 11 is 0. The van der Waals surface area contributed by atoms with E-state index in [4.69, 9.17) is 0 Å². The molecule has 0 spiro atoms. The minimum absolute atomic E-state index is 0.180. The van der Waals surface area contributed by atoms with E-state index in [0.717, 1.165) is 6.42 Å². The molecule has 0 fully saturated rings. The number of aromatic hydroxyl groups is 1. The van der Waals surface area contributed by atoms with E-state index in [1.54, 1.807) is 24.3 Å². The van der Waals surface area contributed by atoms with Crippen molar-refractivity contribution < 1.29 is 9.90 Å². The molecule has 0 bridgehead atoms. The number of amides is 2. The molecule has 43 heavy (non-hydrogen) atoms. The van der Waals surface area contributed by atoms with Crippen LogP contribution in [0.2, 0.25) is 0 Å². The van der Waals surface area contributed by atoms with E-state index < -0.39 is 0 Å². The Balaban J connectivity index is 1.66. The summed E-state index contributed by atoms with van der Waals surface area (Å²) in [6.07, 6.45) is 42.4. The Morgan fingerprint density at radius 2 is 0.744 bits per heavy atom. The largest absolute Gasteiger partial charge is 0.508 e. The van der Waals surface area contributed by atoms with Crippen molar-refractivity contribution in [3.8, 4) is 5.75 Å². The van der Waals surface area contributed by atoms with Crippen molar-refractivity contribution in [2.24, 2.45) is 0 Å². The van der Waals surface area contributed by atoms with Crippen LogP contribution in [-0.4, -0.2) is 17.7 Å². The molecule has 250 valence electrons. The fraction of sp³-hybridized carbons (Fsp3) is 0.821. The van der Waals surface area contributed by atoms with Crippen LogP contribution in [0.25, 0.3) is 0 Å². The number of phenols is 1. The van der Waals surface area contributed by atoms with Gasteiger partial charge < -0.3 is 15.7 Å². The van der Waals surface area contributed by atoms with Gasteiger partial charge in [-0.25, -0.2) is 4.79 Å². The molecule has 4 nitrogen and oxygen atoms in total. The molecule has 0 aliphatic heterocycles. The fourth-order valence-electron chi connectivity index (χ4n) is 6.07. The van der Waals surface area contributed by atoms with Crippen LogP contribution in [0.5, 0.6) is 5.75 Å². The maximum Gasteiger partial charge on any atom is 0.319 e. The molecule has 0 aromatic heterocycles. The van der Waals surface area contributed by atoms with Gasteiger partial charge in [-0.2, -0.15) is 0 Å². The first-order chi connectivity index (χ1) is 21.2. The minimum Gasteiger partial charge on any atom is -0.508 e. The molecule has 2 amide bonds. The number of urea groups is 1. The number of hydrogen-bond acceptors (Lipinski definition) is 2. The Hall–Kier alpha value is -1.71. The summed E-state index contributed by atoms with van der Waals surface area (Å²) in [5.74, 6) is 0.201. The average molecular weight is 601 g/mol. The Morgan fingerprint density at radius 3 is 1.05 bits per heavy atom. The van der Waals surface area contributed by atoms with Gasteiger partial charge in [0.25, 0.3) is 0 Å². The predicted octanol–water partition coefficient (Wildman–Crippen LogP) is 13.2. The molecule has 0 atom stereocenters. The van der Waals surface area contributed by atoms with Crippen LogP contribution < -0.4 is 10.6 Å². The van der Waals surface area contributed by atoms with Crippen LogP contribution in [0.1, 0.15) is 200 Å². The molecule has 3 N–H and O–H groups in total. The molecule has 0 saturated carbocycles. The second kappa shape index (κ2) is 31.7. The summed E-state index contributed by atoms with van der Waals surface area (Å²) in [5.41, 5.74) is 0.691. The van der Waals surface area contributed by atoms with Crippen molar-refractivity contribution in [2.75, 3.05) is 11.9 Å². The lowest BCUT2D eigenvalue weighted by atomic mass is 10.0. The Bertz CT molecular complexity index is 706. The topological polar surface area (TPSA) is 61.4 Å². The fourth-order valence-corrected chi connectivity index (χ4v) is 6.07. The molecule has 0 unspecified atom stereocenters. The average Bonchev–Trinajstić information content (AvgIpc) is 3.01. The Kier molecular flexibility index (Phi) is 29.0. The summed E-state index contributed by atoms with van der Waals surface area (Å²) < 4.78 is 0. The lowest BCUT2D eigenvalue weighted by Crippen LogP contribution is -2.29. The lowest BCUT2D eigenvalue weighted by molar-refractivity contribution is 0.252. The molecule has 0 saturated heterocycles. The van der Waals surface area contributed by atoms with Gasteiger partial charge in [0.05, 0.1) is 0 Å². The second-order valence-electron chi connectivity index (χ2n) is 13.2. The normalized spacial score (nSPS) is 11.2. The molecular formula is C39H72N2O2. The second-order valence-corrected chi connectivity index (χ2v) is 13.2. The number of rotatable bonds is 32. The lowest BCUT2D eigenvalue weighted by Gasteiger charge is -2.07. The molecule has 1 aromatic rings. The smallest absolute Gasteiger partial charge is 0.319 e. The van der Waals surface area contributed by atoms with E-state index in [2.05, 4.69) is 17.6 Å². The third-order valence-electron chi connectivity index (χ3n) is 8.94. The number of carbonyl (C=O) groups is 1. The maximum absolute atomic E-state index is 11.9. The number of phenolic OH excluding ortho intramolecular Hbond substituents is 1. The van der Waals surface area contributed by atoms with Crippen molar-refractivity contribution >= 4 is 11.7 Å². The number of nitrogens with one attached hydrogen (secondary N) is 2. The van der Waals surface area contributed by atoms with Gasteiger partial charge in [-0.3, -0.25) is 0 Å². The Morgan fingerprint density at radius 1 is 0.465 bits per heavy atom. The standard InChI is InChI=1S/C39H72N2O2/c1-2-3-4-5-6-7-8-9-10-11-12-13-14-15-16-17-18-19-20-21-22-23-24-25-26-27-28-29-30-31-36-40-39(43)41-37-32-34-38(42)35-33-37/h32-35,42H,2-31,36H2,1H3,(H2,40,41,43). The highest BCUT2D eigenvalue weighted by Gasteiger charge is 2.01. The van der Waals surface area contributed by atoms with E-state index in [9.17, 15) is 9.90 Å². The quantitative estimate of drug-likeness (QED) is 0.0569. The first-order valence-electron chi connectivity index (χ1n) is 19.1. The summed E-state index contributed by atoms with van der Waals surface area (Å²) in [6.45, 7) is 3.01. The number of hydrogen-bond donors (Lipinski definition) is 3. The predicted molar refractivity (Wildman–Crippen MR) is 189 cm³/mol. The highest BCUT2D eigenvalue weighted by atomic mass is 16.3. The highest BCUT2D eigenvalue weighted by molar-refractivity contribution is 5.89. The van der Waals surface area contributed by atoms with Crippen molar-refractivity contribution in [3.63, 3.8) is 0 Å². The zero-order valence-corrected chi connectivity index (χ0v) is 28.6. The molecule has 1 aromatic carbocycles. The van der Waals surface area contributed by atoms with E-state index >= 15 is 0 Å². The first kappa shape index (κ1) is 39.3. The van der Waals surface area contributed by atoms with Gasteiger partial charge in [-0.05, 0) is 30.7 Å². The summed E-state index contributed by atoms with van der Waals surface area (Å²) in [7, 11) is 0. The summed E-state index contributed by atoms with van der Waals surface area (Å²) in [5, 5.41) is 15.0. The Labute approximate surface area is 268 Å². The first-order valence-corrected chi connectivity index (χ1v) is 19.1. The zero-order chi connectivity index (χ0) is 30.9. The molecule has 0 radical (unpaired) electrons. The van der Waals surface area contributed by atoms with E-state index in [1.165, 1.54) is 186 Å². The number of carbonyl (C=O) groups excluding carboxylic acids is 1. The van der Waals surface area contributed by atoms with Crippen molar-refractivity contribution in [1.82, 2.24) is 5.32 Å². The van der Waals surface area contributed by atoms with E-state index in [1.807, 2.05) is 0 Å². The van der Waals surface area contributed by atoms with Crippen LogP contribution in [-0.2, 0) is 0 Å². The molecule has 1 rings (SSSR count). The van der Waals surface area contributed by atoms with E-state index in [-0.39, 0.29) is 11.8 Å². The van der Waals surface area contributed by atoms with Gasteiger partial charge in [0.2, 0.25) is 0 Å². The molecule has 0 aliphatic carbocycles. The van der Waals surface area contributed by atoms with Crippen LogP contribution in [0.3, 0.4) is 0 Å². The van der Waals surface area contributed by atoms with Gasteiger partial charge in [0.1, 0.15) is 5.75 Å². The van der Waals surface area contributed by atoms with Crippen LogP contribution in [0, 0.1) is 0 Å². The van der Waals surface area contributed by atoms with Gasteiger partial charge in [0.15, 0.2) is 0 Å². The third-order valence-corrected chi connectivity index (χ3v) is 8.94. The number of anilines is 1. The van der Waals surface area contributed by atoms with Crippen LogP contribution in [0.15, 0.2) is 24.3 Å². The van der Waals surface area contributed by atoms with E-state index in [0.29, 0.717) is 12.2 Å². The SMILES string of the molecule is CCCCCCCCCCCCCCCCCCCCCCCCCCCCCCCCNC(=O)Nc1ccc(O)cc1. The van der Waals surface area contributed by atoms with Gasteiger partial charge in [-0.15, -0.1) is 0 Å². The van der Waals surface area contributed by atoms with Crippen molar-refractivity contribution in [3.05, 3.63) is 24.3 Å². The summed E-state index contributed by atoms with van der Waals surface area (Å²) in [4.78, 5) is 11.9. The number of unbranched alkanes of at least 4 members (excludes halogenated alkanes) is 29. The monoisotopic (exact) mass is 601 g/mol. The zero-order valence-electron chi connectivity index (χ0n) is 28.6. The van der Waals surface area contributed by atoms with Crippen LogP contribution in [0.4, 0.5) is 10.5 Å². The summed E-state index contributed by atoms with van der Waals surface area (Å²) in [6, 6.07) is 6.34. The maximum atomic E-state index is 11.9. The van der Waals surface area contributed by atoms with Gasteiger partial charge in [-0.1, -0.05) is 193 Å². The molecule has 0 heterocycles. The molecular weight excluding hydrogens is 528 g/mol. The highest BCUT2D eigenvalue weighted by Crippen LogP contribution is 2.17. The number of benzene rings is 1. The minimum atomic E-state index is -0.180. The van der Waals surface area contributed by atoms with Crippen molar-refractivity contribution in [2.45, 2.75) is 200 Å². The molecule has 4 heteroatoms.